The van der Waals surface area contributed by atoms with Crippen LogP contribution in [0, 0.1) is 0 Å². The van der Waals surface area contributed by atoms with E-state index in [1.807, 2.05) is 12.1 Å². The second-order valence-corrected chi connectivity index (χ2v) is 3.80. The van der Waals surface area contributed by atoms with Crippen LogP contribution in [0.4, 0.5) is 0 Å². The Balaban J connectivity index is 2.75. The minimum Gasteiger partial charge on any atom is -0.366 e. The van der Waals surface area contributed by atoms with E-state index >= 15 is 0 Å². The number of halogens is 1. The summed E-state index contributed by atoms with van der Waals surface area (Å²) >= 11 is 15.9. The lowest BCUT2D eigenvalue weighted by atomic mass is 10.2. The number of nitrogens with one attached hydrogen (secondary N) is 2. The minimum atomic E-state index is 0.495. The third-order valence-electron chi connectivity index (χ3n) is 1.54. The molecule has 0 amide bonds. The van der Waals surface area contributed by atoms with Crippen molar-refractivity contribution in [2.24, 2.45) is 0 Å². The summed E-state index contributed by atoms with van der Waals surface area (Å²) in [5, 5.41) is 6.80. The molecule has 0 aliphatic heterocycles. The lowest BCUT2D eigenvalue weighted by Crippen LogP contribution is -2.36. The standard InChI is InChI=1S/C9H9ClN2S2/c1-11-9(14)12-8(13)6-3-2-4-7(10)5-6/h2-5H,1H3,(H2,11,12,13,14). The molecule has 1 aromatic carbocycles. The lowest BCUT2D eigenvalue weighted by molar-refractivity contribution is 1.14. The van der Waals surface area contributed by atoms with Crippen LogP contribution in [-0.2, 0) is 0 Å². The van der Waals surface area contributed by atoms with Gasteiger partial charge in [0.2, 0.25) is 0 Å². The van der Waals surface area contributed by atoms with Crippen molar-refractivity contribution in [3.05, 3.63) is 34.9 Å². The second kappa shape index (κ2) is 5.24. The molecule has 0 radical (unpaired) electrons. The van der Waals surface area contributed by atoms with Gasteiger partial charge in [-0.1, -0.05) is 36.0 Å². The van der Waals surface area contributed by atoms with Gasteiger partial charge in [-0.05, 0) is 24.4 Å². The first-order valence-electron chi connectivity index (χ1n) is 3.92. The molecule has 0 heterocycles. The first-order chi connectivity index (χ1) is 6.63. The van der Waals surface area contributed by atoms with Crippen LogP contribution in [0.3, 0.4) is 0 Å². The van der Waals surface area contributed by atoms with E-state index in [9.17, 15) is 0 Å². The summed E-state index contributed by atoms with van der Waals surface area (Å²) in [6.45, 7) is 0. The summed E-state index contributed by atoms with van der Waals surface area (Å²) in [5.41, 5.74) is 0.852. The Hall–Kier alpha value is -0.710. The molecule has 0 atom stereocenters. The second-order valence-electron chi connectivity index (χ2n) is 2.54. The molecule has 0 saturated carbocycles. The smallest absolute Gasteiger partial charge is 0.171 e. The Morgan fingerprint density at radius 2 is 2.07 bits per heavy atom. The predicted molar refractivity (Wildman–Crippen MR) is 67.9 cm³/mol. The molecule has 74 valence electrons. The number of rotatable bonds is 1. The highest BCUT2D eigenvalue weighted by Crippen LogP contribution is 2.10. The van der Waals surface area contributed by atoms with Gasteiger partial charge in [0.1, 0.15) is 4.99 Å². The van der Waals surface area contributed by atoms with Gasteiger partial charge in [0.15, 0.2) is 5.11 Å². The van der Waals surface area contributed by atoms with Crippen LogP contribution in [0.15, 0.2) is 24.3 Å². The molecular formula is C9H9ClN2S2. The minimum absolute atomic E-state index is 0.495. The van der Waals surface area contributed by atoms with Crippen molar-refractivity contribution in [3.63, 3.8) is 0 Å². The van der Waals surface area contributed by atoms with E-state index < -0.39 is 0 Å². The zero-order chi connectivity index (χ0) is 10.6. The van der Waals surface area contributed by atoms with Gasteiger partial charge in [-0.15, -0.1) is 0 Å². The molecule has 2 nitrogen and oxygen atoms in total. The van der Waals surface area contributed by atoms with Crippen LogP contribution >= 0.6 is 36.0 Å². The van der Waals surface area contributed by atoms with Crippen LogP contribution in [0.25, 0.3) is 0 Å². The summed E-state index contributed by atoms with van der Waals surface area (Å²) in [5.74, 6) is 0. The molecule has 1 rings (SSSR count). The van der Waals surface area contributed by atoms with Gasteiger partial charge < -0.3 is 10.6 Å². The Labute approximate surface area is 98.6 Å². The third-order valence-corrected chi connectivity index (χ3v) is 2.42. The number of hydrogen-bond donors (Lipinski definition) is 2. The number of benzene rings is 1. The van der Waals surface area contributed by atoms with Crippen LogP contribution < -0.4 is 10.6 Å². The fraction of sp³-hybridized carbons (Fsp3) is 0.111. The van der Waals surface area contributed by atoms with Crippen molar-refractivity contribution in [2.75, 3.05) is 7.05 Å². The van der Waals surface area contributed by atoms with Gasteiger partial charge >= 0.3 is 0 Å². The molecule has 0 aliphatic rings. The Morgan fingerprint density at radius 3 is 2.64 bits per heavy atom. The van der Waals surface area contributed by atoms with Crippen LogP contribution in [0.5, 0.6) is 0 Å². The van der Waals surface area contributed by atoms with Crippen LogP contribution in [0.2, 0.25) is 5.02 Å². The summed E-state index contributed by atoms with van der Waals surface area (Å²) in [6.07, 6.45) is 0. The summed E-state index contributed by atoms with van der Waals surface area (Å²) in [7, 11) is 1.73. The quantitative estimate of drug-likeness (QED) is 0.739. The van der Waals surface area contributed by atoms with E-state index in [2.05, 4.69) is 10.6 Å². The molecule has 0 aliphatic carbocycles. The van der Waals surface area contributed by atoms with Crippen molar-refractivity contribution in [3.8, 4) is 0 Å². The maximum atomic E-state index is 5.82. The molecule has 0 unspecified atom stereocenters. The van der Waals surface area contributed by atoms with Crippen molar-refractivity contribution < 1.29 is 0 Å². The number of thiocarbonyl (C=S) groups is 2. The van der Waals surface area contributed by atoms with Crippen molar-refractivity contribution in [2.45, 2.75) is 0 Å². The monoisotopic (exact) mass is 244 g/mol. The van der Waals surface area contributed by atoms with Crippen molar-refractivity contribution in [1.82, 2.24) is 10.6 Å². The van der Waals surface area contributed by atoms with E-state index in [0.717, 1.165) is 5.56 Å². The molecule has 1 aromatic rings. The third kappa shape index (κ3) is 3.21. The molecular weight excluding hydrogens is 236 g/mol. The Kier molecular flexibility index (Phi) is 4.25. The zero-order valence-electron chi connectivity index (χ0n) is 7.50. The zero-order valence-corrected chi connectivity index (χ0v) is 9.89. The molecule has 14 heavy (non-hydrogen) atoms. The highest BCUT2D eigenvalue weighted by atomic mass is 35.5. The fourth-order valence-corrected chi connectivity index (χ4v) is 1.45. The Morgan fingerprint density at radius 1 is 1.36 bits per heavy atom. The van der Waals surface area contributed by atoms with E-state index in [0.29, 0.717) is 15.1 Å². The average molecular weight is 245 g/mol. The average Bonchev–Trinajstić information content (AvgIpc) is 2.17. The highest BCUT2D eigenvalue weighted by Gasteiger charge is 2.02. The molecule has 0 fully saturated rings. The largest absolute Gasteiger partial charge is 0.366 e. The summed E-state index contributed by atoms with van der Waals surface area (Å²) < 4.78 is 0. The lowest BCUT2D eigenvalue weighted by Gasteiger charge is -2.08. The summed E-state index contributed by atoms with van der Waals surface area (Å²) in [6, 6.07) is 7.30. The van der Waals surface area contributed by atoms with Crippen LogP contribution in [-0.4, -0.2) is 17.1 Å². The van der Waals surface area contributed by atoms with E-state index in [4.69, 9.17) is 36.0 Å². The van der Waals surface area contributed by atoms with Crippen molar-refractivity contribution >= 4 is 46.1 Å². The summed E-state index contributed by atoms with van der Waals surface area (Å²) in [4.78, 5) is 0.562. The fourth-order valence-electron chi connectivity index (χ4n) is 0.868. The normalized spacial score (nSPS) is 9.29. The van der Waals surface area contributed by atoms with Gasteiger partial charge in [-0.3, -0.25) is 0 Å². The predicted octanol–water partition coefficient (Wildman–Crippen LogP) is 2.11. The van der Waals surface area contributed by atoms with E-state index in [1.165, 1.54) is 0 Å². The molecule has 0 bridgehead atoms. The van der Waals surface area contributed by atoms with Crippen LogP contribution in [0.1, 0.15) is 5.56 Å². The SMILES string of the molecule is CNC(=S)NC(=S)c1cccc(Cl)c1. The van der Waals surface area contributed by atoms with E-state index in [1.54, 1.807) is 19.2 Å². The highest BCUT2D eigenvalue weighted by molar-refractivity contribution is 7.82. The first-order valence-corrected chi connectivity index (χ1v) is 5.11. The molecule has 0 saturated heterocycles. The molecule has 2 N–H and O–H groups in total. The topological polar surface area (TPSA) is 24.1 Å². The maximum Gasteiger partial charge on any atom is 0.171 e. The van der Waals surface area contributed by atoms with Gasteiger partial charge in [0.25, 0.3) is 0 Å². The number of hydrogen-bond acceptors (Lipinski definition) is 2. The Bertz CT molecular complexity index is 366. The van der Waals surface area contributed by atoms with E-state index in [-0.39, 0.29) is 0 Å². The molecule has 0 spiro atoms. The van der Waals surface area contributed by atoms with Gasteiger partial charge in [0.05, 0.1) is 0 Å². The molecule has 0 aromatic heterocycles. The molecule has 5 heteroatoms. The van der Waals surface area contributed by atoms with Gasteiger partial charge in [-0.2, -0.15) is 0 Å². The first kappa shape index (κ1) is 11.4. The van der Waals surface area contributed by atoms with Gasteiger partial charge in [-0.25, -0.2) is 0 Å². The van der Waals surface area contributed by atoms with Gasteiger partial charge in [0, 0.05) is 17.6 Å². The maximum absolute atomic E-state index is 5.82. The van der Waals surface area contributed by atoms with Crippen molar-refractivity contribution in [1.29, 1.82) is 0 Å².